The molecule has 4 atom stereocenters. The SMILES string of the molecule is CC(=O)C(N)C(O)C(O)C/C=C/CCCC(C(F)F)C(F)(F)F. The number of allylic oxidation sites excluding steroid dienone is 1. The third-order valence-corrected chi connectivity index (χ3v) is 3.39. The number of Topliss-reactive ketones (excluding diaryl/α,β-unsaturated/α-hetero) is 1. The summed E-state index contributed by atoms with van der Waals surface area (Å²) in [5, 5.41) is 19.1. The summed E-state index contributed by atoms with van der Waals surface area (Å²) < 4.78 is 61.4. The van der Waals surface area contributed by atoms with E-state index in [2.05, 4.69) is 0 Å². The zero-order valence-corrected chi connectivity index (χ0v) is 12.6. The van der Waals surface area contributed by atoms with Crippen LogP contribution in [0.2, 0.25) is 0 Å². The molecule has 0 fully saturated rings. The summed E-state index contributed by atoms with van der Waals surface area (Å²) in [7, 11) is 0. The molecule has 136 valence electrons. The fourth-order valence-electron chi connectivity index (χ4n) is 1.86. The minimum atomic E-state index is -4.93. The standard InChI is InChI=1S/C14H22F5NO3/c1-8(21)11(20)12(23)10(22)7-5-3-2-4-6-9(13(15)16)14(17,18)19/h3,5,9-13,22-23H,2,4,6-7,20H2,1H3/b5-3+. The van der Waals surface area contributed by atoms with Crippen LogP contribution in [-0.2, 0) is 4.79 Å². The predicted octanol–water partition coefficient (Wildman–Crippen LogP) is 2.18. The van der Waals surface area contributed by atoms with Crippen molar-refractivity contribution in [3.8, 4) is 0 Å². The second-order valence-electron chi connectivity index (χ2n) is 5.31. The molecule has 0 bridgehead atoms. The van der Waals surface area contributed by atoms with Crippen LogP contribution in [0.1, 0.15) is 32.6 Å². The summed E-state index contributed by atoms with van der Waals surface area (Å²) in [6.45, 7) is 1.16. The van der Waals surface area contributed by atoms with E-state index in [1.54, 1.807) is 0 Å². The second kappa shape index (κ2) is 9.94. The molecule has 4 unspecified atom stereocenters. The fraction of sp³-hybridized carbons (Fsp3) is 0.786. The largest absolute Gasteiger partial charge is 0.397 e. The van der Waals surface area contributed by atoms with Crippen molar-refractivity contribution in [1.82, 2.24) is 0 Å². The fourth-order valence-corrected chi connectivity index (χ4v) is 1.86. The van der Waals surface area contributed by atoms with Gasteiger partial charge in [0.15, 0.2) is 0 Å². The van der Waals surface area contributed by atoms with Gasteiger partial charge in [-0.15, -0.1) is 0 Å². The van der Waals surface area contributed by atoms with E-state index >= 15 is 0 Å². The molecule has 0 rings (SSSR count). The topological polar surface area (TPSA) is 83.6 Å². The maximum absolute atomic E-state index is 12.3. The minimum absolute atomic E-state index is 0.0559. The highest BCUT2D eigenvalue weighted by Gasteiger charge is 2.44. The quantitative estimate of drug-likeness (QED) is 0.321. The maximum atomic E-state index is 12.3. The lowest BCUT2D eigenvalue weighted by Gasteiger charge is -2.20. The Labute approximate surface area is 131 Å². The number of carbonyl (C=O) groups excluding carboxylic acids is 1. The first-order valence-corrected chi connectivity index (χ1v) is 7.10. The molecular formula is C14H22F5NO3. The number of unbranched alkanes of at least 4 members (excludes halogenated alkanes) is 1. The molecule has 0 aliphatic rings. The van der Waals surface area contributed by atoms with Gasteiger partial charge in [-0.25, -0.2) is 8.78 Å². The molecule has 4 N–H and O–H groups in total. The lowest BCUT2D eigenvalue weighted by Crippen LogP contribution is -2.47. The van der Waals surface area contributed by atoms with Crippen LogP contribution in [0.3, 0.4) is 0 Å². The number of aliphatic hydroxyl groups excluding tert-OH is 2. The summed E-state index contributed by atoms with van der Waals surface area (Å²) in [4.78, 5) is 10.9. The average molecular weight is 347 g/mol. The third kappa shape index (κ3) is 8.38. The van der Waals surface area contributed by atoms with Gasteiger partial charge in [0.2, 0.25) is 6.43 Å². The van der Waals surface area contributed by atoms with Crippen molar-refractivity contribution in [2.45, 2.75) is 63.5 Å². The first-order valence-electron chi connectivity index (χ1n) is 7.10. The van der Waals surface area contributed by atoms with Crippen molar-refractivity contribution >= 4 is 5.78 Å². The Balaban J connectivity index is 4.15. The Hall–Kier alpha value is -1.06. The van der Waals surface area contributed by atoms with E-state index < -0.39 is 49.0 Å². The lowest BCUT2D eigenvalue weighted by atomic mass is 10.00. The van der Waals surface area contributed by atoms with E-state index in [-0.39, 0.29) is 19.3 Å². The highest BCUT2D eigenvalue weighted by Crippen LogP contribution is 2.34. The second-order valence-corrected chi connectivity index (χ2v) is 5.31. The van der Waals surface area contributed by atoms with Crippen molar-refractivity contribution in [3.05, 3.63) is 12.2 Å². The van der Waals surface area contributed by atoms with Crippen molar-refractivity contribution < 1.29 is 37.0 Å². The predicted molar refractivity (Wildman–Crippen MR) is 73.8 cm³/mol. The number of nitrogens with two attached hydrogens (primary N) is 1. The van der Waals surface area contributed by atoms with Gasteiger partial charge in [0.1, 0.15) is 17.8 Å². The Morgan fingerprint density at radius 3 is 2.22 bits per heavy atom. The number of halogens is 5. The highest BCUT2D eigenvalue weighted by atomic mass is 19.4. The summed E-state index contributed by atoms with van der Waals surface area (Å²) in [6.07, 6.45) is -9.02. The van der Waals surface area contributed by atoms with Crippen LogP contribution < -0.4 is 5.73 Å². The van der Waals surface area contributed by atoms with Gasteiger partial charge in [0.05, 0.1) is 12.1 Å². The van der Waals surface area contributed by atoms with Gasteiger partial charge in [0, 0.05) is 0 Å². The van der Waals surface area contributed by atoms with E-state index in [1.807, 2.05) is 0 Å². The summed E-state index contributed by atoms with van der Waals surface area (Å²) in [5.41, 5.74) is 5.35. The van der Waals surface area contributed by atoms with E-state index in [9.17, 15) is 37.0 Å². The normalized spacial score (nSPS) is 18.2. The Morgan fingerprint density at radius 2 is 1.78 bits per heavy atom. The van der Waals surface area contributed by atoms with Crippen molar-refractivity contribution in [2.75, 3.05) is 0 Å². The van der Waals surface area contributed by atoms with Crippen molar-refractivity contribution in [3.63, 3.8) is 0 Å². The number of hydrogen-bond donors (Lipinski definition) is 3. The van der Waals surface area contributed by atoms with Gasteiger partial charge < -0.3 is 15.9 Å². The average Bonchev–Trinajstić information content (AvgIpc) is 2.42. The third-order valence-electron chi connectivity index (χ3n) is 3.39. The summed E-state index contributed by atoms with van der Waals surface area (Å²) in [5.74, 6) is -3.14. The summed E-state index contributed by atoms with van der Waals surface area (Å²) in [6, 6.07) is -1.23. The van der Waals surface area contributed by atoms with E-state index in [4.69, 9.17) is 5.73 Å². The molecule has 0 aliphatic heterocycles. The van der Waals surface area contributed by atoms with Crippen LogP contribution in [0.15, 0.2) is 12.2 Å². The number of rotatable bonds is 10. The molecule has 0 amide bonds. The molecule has 0 heterocycles. The summed E-state index contributed by atoms with van der Waals surface area (Å²) >= 11 is 0. The molecular weight excluding hydrogens is 325 g/mol. The molecule has 0 aromatic rings. The number of ketones is 1. The lowest BCUT2D eigenvalue weighted by molar-refractivity contribution is -0.208. The monoisotopic (exact) mass is 347 g/mol. The van der Waals surface area contributed by atoms with E-state index in [0.29, 0.717) is 0 Å². The molecule has 9 heteroatoms. The van der Waals surface area contributed by atoms with Crippen LogP contribution in [0.25, 0.3) is 0 Å². The molecule has 0 aromatic heterocycles. The van der Waals surface area contributed by atoms with Gasteiger partial charge in [-0.3, -0.25) is 4.79 Å². The molecule has 0 aliphatic carbocycles. The number of hydrogen-bond acceptors (Lipinski definition) is 4. The Bertz CT molecular complexity index is 387. The Kier molecular flexibility index (Phi) is 9.48. The first-order chi connectivity index (χ1) is 10.5. The van der Waals surface area contributed by atoms with Gasteiger partial charge in [-0.05, 0) is 32.6 Å². The van der Waals surface area contributed by atoms with E-state index in [0.717, 1.165) is 6.92 Å². The molecule has 0 radical (unpaired) electrons. The highest BCUT2D eigenvalue weighted by molar-refractivity contribution is 5.81. The molecule has 0 saturated heterocycles. The van der Waals surface area contributed by atoms with Crippen molar-refractivity contribution in [1.29, 1.82) is 0 Å². The number of aliphatic hydroxyl groups is 2. The molecule has 4 nitrogen and oxygen atoms in total. The Morgan fingerprint density at radius 1 is 1.22 bits per heavy atom. The van der Waals surface area contributed by atoms with Crippen LogP contribution in [0.5, 0.6) is 0 Å². The van der Waals surface area contributed by atoms with Gasteiger partial charge in [-0.1, -0.05) is 12.2 Å². The maximum Gasteiger partial charge on any atom is 0.397 e. The molecule has 23 heavy (non-hydrogen) atoms. The van der Waals surface area contributed by atoms with Crippen LogP contribution in [-0.4, -0.2) is 46.8 Å². The minimum Gasteiger partial charge on any atom is -0.390 e. The molecule has 0 saturated carbocycles. The van der Waals surface area contributed by atoms with Crippen LogP contribution in [0, 0.1) is 5.92 Å². The van der Waals surface area contributed by atoms with E-state index in [1.165, 1.54) is 12.2 Å². The zero-order chi connectivity index (χ0) is 18.2. The number of alkyl halides is 5. The van der Waals surface area contributed by atoms with Crippen LogP contribution in [0.4, 0.5) is 22.0 Å². The van der Waals surface area contributed by atoms with Gasteiger partial charge >= 0.3 is 6.18 Å². The van der Waals surface area contributed by atoms with Gasteiger partial charge in [0.25, 0.3) is 0 Å². The first kappa shape index (κ1) is 21.9. The molecule has 0 spiro atoms. The smallest absolute Gasteiger partial charge is 0.390 e. The van der Waals surface area contributed by atoms with Crippen molar-refractivity contribution in [2.24, 2.45) is 11.7 Å². The zero-order valence-electron chi connectivity index (χ0n) is 12.6. The van der Waals surface area contributed by atoms with Gasteiger partial charge in [-0.2, -0.15) is 13.2 Å². The molecule has 0 aromatic carbocycles. The number of carbonyl (C=O) groups is 1. The van der Waals surface area contributed by atoms with Crippen LogP contribution >= 0.6 is 0 Å².